The Labute approximate surface area is 115 Å². The van der Waals surface area contributed by atoms with Gasteiger partial charge in [-0.2, -0.15) is 5.26 Å². The van der Waals surface area contributed by atoms with Crippen LogP contribution in [0.3, 0.4) is 0 Å². The first-order valence-corrected chi connectivity index (χ1v) is 6.75. The molecule has 0 atom stereocenters. The molecule has 0 spiro atoms. The molecule has 2 rings (SSSR count). The molecule has 5 heteroatoms. The van der Waals surface area contributed by atoms with Crippen molar-refractivity contribution >= 4 is 33.8 Å². The molecule has 1 aromatic carbocycles. The van der Waals surface area contributed by atoms with E-state index >= 15 is 0 Å². The largest absolute Gasteiger partial charge is 0.318 e. The topological polar surface area (TPSA) is 39.9 Å². The summed E-state index contributed by atoms with van der Waals surface area (Å²) < 4.78 is 0. The predicted octanol–water partition coefficient (Wildman–Crippen LogP) is 4.13. The van der Waals surface area contributed by atoms with Crippen molar-refractivity contribution in [1.82, 2.24) is 4.98 Å². The number of rotatable bonds is 3. The third kappa shape index (κ3) is 2.47. The molecule has 0 radical (unpaired) electrons. The average molecular weight is 278 g/mol. The van der Waals surface area contributed by atoms with Crippen LogP contribution >= 0.6 is 22.9 Å². The normalized spacial score (nSPS) is 10.1. The number of thiazole rings is 1. The fourth-order valence-corrected chi connectivity index (χ4v) is 2.73. The van der Waals surface area contributed by atoms with Crippen molar-refractivity contribution < 1.29 is 0 Å². The van der Waals surface area contributed by atoms with E-state index < -0.39 is 0 Å². The van der Waals surface area contributed by atoms with Crippen LogP contribution in [-0.4, -0.2) is 11.5 Å². The van der Waals surface area contributed by atoms with E-state index in [1.807, 2.05) is 31.2 Å². The summed E-state index contributed by atoms with van der Waals surface area (Å²) >= 11 is 7.29. The SMILES string of the molecule is CCN(c1ccc(Cl)cc1)c1nc(C)c(C#N)s1. The first-order valence-electron chi connectivity index (χ1n) is 5.56. The van der Waals surface area contributed by atoms with E-state index in [-0.39, 0.29) is 0 Å². The Morgan fingerprint density at radius 2 is 2.06 bits per heavy atom. The lowest BCUT2D eigenvalue weighted by Gasteiger charge is -2.19. The molecule has 2 aromatic rings. The van der Waals surface area contributed by atoms with Crippen molar-refractivity contribution in [2.45, 2.75) is 13.8 Å². The molecule has 3 nitrogen and oxygen atoms in total. The lowest BCUT2D eigenvalue weighted by molar-refractivity contribution is 1.00. The molecule has 0 unspecified atom stereocenters. The maximum Gasteiger partial charge on any atom is 0.191 e. The number of halogens is 1. The van der Waals surface area contributed by atoms with Gasteiger partial charge in [-0.15, -0.1) is 0 Å². The number of hydrogen-bond acceptors (Lipinski definition) is 4. The van der Waals surface area contributed by atoms with Crippen LogP contribution in [0, 0.1) is 18.3 Å². The van der Waals surface area contributed by atoms with E-state index in [0.717, 1.165) is 23.1 Å². The molecule has 0 fully saturated rings. The van der Waals surface area contributed by atoms with Gasteiger partial charge in [0.05, 0.1) is 5.69 Å². The van der Waals surface area contributed by atoms with E-state index in [0.29, 0.717) is 9.90 Å². The quantitative estimate of drug-likeness (QED) is 0.847. The van der Waals surface area contributed by atoms with E-state index in [9.17, 15) is 0 Å². The van der Waals surface area contributed by atoms with Crippen LogP contribution in [0.1, 0.15) is 17.5 Å². The molecule has 0 aliphatic heterocycles. The summed E-state index contributed by atoms with van der Waals surface area (Å²) in [6.07, 6.45) is 0. The Balaban J connectivity index is 2.39. The van der Waals surface area contributed by atoms with Gasteiger partial charge in [-0.05, 0) is 38.1 Å². The molecule has 0 amide bonds. The minimum Gasteiger partial charge on any atom is -0.318 e. The predicted molar refractivity (Wildman–Crippen MR) is 75.7 cm³/mol. The number of nitriles is 1. The van der Waals surface area contributed by atoms with Gasteiger partial charge in [0.2, 0.25) is 0 Å². The minimum absolute atomic E-state index is 0.664. The Bertz CT molecular complexity index is 583. The number of nitrogens with zero attached hydrogens (tertiary/aromatic N) is 3. The Hall–Kier alpha value is -1.57. The van der Waals surface area contributed by atoms with E-state index in [1.54, 1.807) is 0 Å². The van der Waals surface area contributed by atoms with Gasteiger partial charge in [0, 0.05) is 17.3 Å². The fourth-order valence-electron chi connectivity index (χ4n) is 1.65. The van der Waals surface area contributed by atoms with Gasteiger partial charge in [0.25, 0.3) is 0 Å². The van der Waals surface area contributed by atoms with Crippen molar-refractivity contribution in [3.8, 4) is 6.07 Å². The number of benzene rings is 1. The maximum absolute atomic E-state index is 8.98. The number of aryl methyl sites for hydroxylation is 1. The second kappa shape index (κ2) is 5.38. The van der Waals surface area contributed by atoms with Crippen molar-refractivity contribution in [3.63, 3.8) is 0 Å². The Morgan fingerprint density at radius 1 is 1.39 bits per heavy atom. The molecule has 0 aliphatic carbocycles. The van der Waals surface area contributed by atoms with Crippen molar-refractivity contribution in [1.29, 1.82) is 5.26 Å². The van der Waals surface area contributed by atoms with Gasteiger partial charge < -0.3 is 4.90 Å². The molecule has 1 heterocycles. The van der Waals surface area contributed by atoms with Crippen LogP contribution in [-0.2, 0) is 0 Å². The molecule has 92 valence electrons. The highest BCUT2D eigenvalue weighted by Gasteiger charge is 2.14. The van der Waals surface area contributed by atoms with Gasteiger partial charge in [0.15, 0.2) is 5.13 Å². The van der Waals surface area contributed by atoms with Gasteiger partial charge in [-0.25, -0.2) is 4.98 Å². The van der Waals surface area contributed by atoms with Crippen LogP contribution < -0.4 is 4.90 Å². The number of anilines is 2. The molecule has 0 saturated heterocycles. The van der Waals surface area contributed by atoms with E-state index in [4.69, 9.17) is 16.9 Å². The number of aromatic nitrogens is 1. The third-order valence-corrected chi connectivity index (χ3v) is 3.91. The zero-order valence-corrected chi connectivity index (χ0v) is 11.7. The molecule has 0 saturated carbocycles. The van der Waals surface area contributed by atoms with Gasteiger partial charge >= 0.3 is 0 Å². The Morgan fingerprint density at radius 3 is 2.56 bits per heavy atom. The monoisotopic (exact) mass is 277 g/mol. The van der Waals surface area contributed by atoms with Crippen LogP contribution in [0.25, 0.3) is 0 Å². The zero-order chi connectivity index (χ0) is 13.1. The zero-order valence-electron chi connectivity index (χ0n) is 10.1. The van der Waals surface area contributed by atoms with E-state index in [2.05, 4.69) is 22.9 Å². The summed E-state index contributed by atoms with van der Waals surface area (Å²) in [4.78, 5) is 7.17. The maximum atomic E-state index is 8.98. The molecular weight excluding hydrogens is 266 g/mol. The van der Waals surface area contributed by atoms with E-state index in [1.165, 1.54) is 11.3 Å². The summed E-state index contributed by atoms with van der Waals surface area (Å²) in [5.41, 5.74) is 1.81. The standard InChI is InChI=1S/C13H12ClN3S/c1-3-17(11-6-4-10(14)5-7-11)13-16-9(2)12(8-15)18-13/h4-7H,3H2,1-2H3. The highest BCUT2D eigenvalue weighted by atomic mass is 35.5. The minimum atomic E-state index is 0.664. The van der Waals surface area contributed by atoms with Crippen molar-refractivity contribution in [3.05, 3.63) is 39.9 Å². The molecule has 0 N–H and O–H groups in total. The molecule has 0 bridgehead atoms. The summed E-state index contributed by atoms with van der Waals surface area (Å²) in [6.45, 7) is 4.70. The summed E-state index contributed by atoms with van der Waals surface area (Å²) in [6, 6.07) is 9.77. The van der Waals surface area contributed by atoms with Crippen LogP contribution in [0.2, 0.25) is 5.02 Å². The van der Waals surface area contributed by atoms with Gasteiger partial charge in [-0.1, -0.05) is 22.9 Å². The first-order chi connectivity index (χ1) is 8.65. The highest BCUT2D eigenvalue weighted by molar-refractivity contribution is 7.16. The molecule has 1 aromatic heterocycles. The van der Waals surface area contributed by atoms with Gasteiger partial charge in [0.1, 0.15) is 10.9 Å². The molecular formula is C13H12ClN3S. The summed E-state index contributed by atoms with van der Waals surface area (Å²) in [7, 11) is 0. The average Bonchev–Trinajstić information content (AvgIpc) is 2.74. The van der Waals surface area contributed by atoms with Crippen molar-refractivity contribution in [2.24, 2.45) is 0 Å². The fraction of sp³-hybridized carbons (Fsp3) is 0.231. The second-order valence-electron chi connectivity index (χ2n) is 3.74. The van der Waals surface area contributed by atoms with Crippen molar-refractivity contribution in [2.75, 3.05) is 11.4 Å². The molecule has 18 heavy (non-hydrogen) atoms. The molecule has 0 aliphatic rings. The van der Waals surface area contributed by atoms with Gasteiger partial charge in [-0.3, -0.25) is 0 Å². The first kappa shape index (κ1) is 12.9. The number of hydrogen-bond donors (Lipinski definition) is 0. The second-order valence-corrected chi connectivity index (χ2v) is 5.16. The summed E-state index contributed by atoms with van der Waals surface area (Å²) in [5.74, 6) is 0. The van der Waals surface area contributed by atoms with Crippen LogP contribution in [0.5, 0.6) is 0 Å². The lowest BCUT2D eigenvalue weighted by Crippen LogP contribution is -2.15. The third-order valence-electron chi connectivity index (χ3n) is 2.57. The lowest BCUT2D eigenvalue weighted by atomic mass is 10.3. The van der Waals surface area contributed by atoms with Crippen LogP contribution in [0.15, 0.2) is 24.3 Å². The van der Waals surface area contributed by atoms with Crippen LogP contribution in [0.4, 0.5) is 10.8 Å². The smallest absolute Gasteiger partial charge is 0.191 e. The summed E-state index contributed by atoms with van der Waals surface area (Å²) in [5, 5.41) is 10.5. The Kier molecular flexibility index (Phi) is 3.85. The highest BCUT2D eigenvalue weighted by Crippen LogP contribution is 2.31.